The van der Waals surface area contributed by atoms with Crippen LogP contribution < -0.4 is 16.0 Å². The number of piperidine rings is 2. The topological polar surface area (TPSA) is 194 Å². The van der Waals surface area contributed by atoms with Crippen LogP contribution in [0, 0.1) is 5.92 Å². The van der Waals surface area contributed by atoms with Gasteiger partial charge >= 0.3 is 0 Å². The van der Waals surface area contributed by atoms with Gasteiger partial charge in [0.1, 0.15) is 18.1 Å². The van der Waals surface area contributed by atoms with Gasteiger partial charge in [-0.2, -0.15) is 5.10 Å². The molecule has 0 radical (unpaired) electrons. The van der Waals surface area contributed by atoms with Crippen LogP contribution in [0.15, 0.2) is 53.4 Å². The van der Waals surface area contributed by atoms with Crippen molar-refractivity contribution in [1.29, 1.82) is 0 Å². The summed E-state index contributed by atoms with van der Waals surface area (Å²) < 4.78 is 41.1. The summed E-state index contributed by atoms with van der Waals surface area (Å²) in [6.07, 6.45) is 5.72. The van der Waals surface area contributed by atoms with Crippen LogP contribution in [-0.2, 0) is 20.7 Å². The van der Waals surface area contributed by atoms with Crippen molar-refractivity contribution in [3.63, 3.8) is 0 Å². The number of aromatic nitrogens is 4. The van der Waals surface area contributed by atoms with Crippen LogP contribution in [0.1, 0.15) is 93.5 Å². The molecule has 3 aliphatic heterocycles. The molecule has 3 fully saturated rings. The predicted molar refractivity (Wildman–Crippen MR) is 198 cm³/mol. The number of anilines is 2. The van der Waals surface area contributed by atoms with Crippen molar-refractivity contribution >= 4 is 41.0 Å². The summed E-state index contributed by atoms with van der Waals surface area (Å²) >= 11 is 0. The second-order valence-electron chi connectivity index (χ2n) is 14.7. The van der Waals surface area contributed by atoms with E-state index >= 15 is 0 Å². The maximum atomic E-state index is 14.1. The first kappa shape index (κ1) is 38.0. The molecule has 1 saturated carbocycles. The van der Waals surface area contributed by atoms with Crippen molar-refractivity contribution in [3.8, 4) is 11.5 Å². The number of carbonyl (C=O) groups excluding carboxylic acids is 5. The monoisotopic (exact) mass is 785 g/mol. The van der Waals surface area contributed by atoms with Crippen LogP contribution >= 0.6 is 0 Å². The van der Waals surface area contributed by atoms with Gasteiger partial charge < -0.3 is 24.7 Å². The number of carbonyl (C=O) groups is 5. The molecule has 6 heterocycles. The van der Waals surface area contributed by atoms with Crippen LogP contribution in [0.2, 0.25) is 0 Å². The fourth-order valence-electron chi connectivity index (χ4n) is 7.35. The molecule has 298 valence electrons. The number of likely N-dealkylation sites (tertiary alicyclic amines) is 1. The quantitative estimate of drug-likeness (QED) is 0.115. The lowest BCUT2D eigenvalue weighted by Crippen LogP contribution is -2.54. The van der Waals surface area contributed by atoms with Crippen LogP contribution in [0.5, 0.6) is 0 Å². The van der Waals surface area contributed by atoms with Gasteiger partial charge in [0.05, 0.1) is 36.1 Å². The van der Waals surface area contributed by atoms with Crippen molar-refractivity contribution in [2.24, 2.45) is 5.92 Å². The second-order valence-corrected chi connectivity index (χ2v) is 14.7. The maximum Gasteiger partial charge on any atom is 0.284 e. The molecule has 3 aromatic heterocycles. The average molecular weight is 786 g/mol. The minimum Gasteiger partial charge on any atom is -0.444 e. The summed E-state index contributed by atoms with van der Waals surface area (Å²) in [5, 5.41) is 12.2. The molecule has 4 aliphatic rings. The molecule has 57 heavy (non-hydrogen) atoms. The highest BCUT2D eigenvalue weighted by Crippen LogP contribution is 2.32. The van der Waals surface area contributed by atoms with E-state index in [9.17, 15) is 32.8 Å². The van der Waals surface area contributed by atoms with Gasteiger partial charge in [0.25, 0.3) is 24.1 Å². The van der Waals surface area contributed by atoms with Gasteiger partial charge in [-0.25, -0.2) is 18.7 Å². The zero-order chi connectivity index (χ0) is 39.6. The normalized spacial score (nSPS) is 19.0. The summed E-state index contributed by atoms with van der Waals surface area (Å²) in [5.74, 6) is -1.33. The molecule has 1 aromatic carbocycles. The van der Waals surface area contributed by atoms with Crippen LogP contribution in [0.4, 0.5) is 20.3 Å². The van der Waals surface area contributed by atoms with E-state index in [0.717, 1.165) is 17.0 Å². The Balaban J connectivity index is 0.787. The number of benzene rings is 1. The van der Waals surface area contributed by atoms with E-state index in [1.807, 2.05) is 0 Å². The number of imide groups is 2. The highest BCUT2D eigenvalue weighted by Gasteiger charge is 2.44. The SMILES string of the molecule is O=C1CCC(N2C(=O)c3ccc(CCOCCN4CCC(n5cc(NC(=O)c6coc(-c7ccnc(NCC8CC8)c7)n6)c(C(F)F)n5)CC4)cc3C2=O)C(=O)N1. The number of alkyl halides is 2. The van der Waals surface area contributed by atoms with E-state index in [2.05, 4.69) is 35.9 Å². The molecule has 1 atom stereocenters. The van der Waals surface area contributed by atoms with Crippen LogP contribution in [-0.4, -0.2) is 105 Å². The van der Waals surface area contributed by atoms with Crippen molar-refractivity contribution < 1.29 is 41.9 Å². The number of oxazole rings is 1. The molecular weight excluding hydrogens is 744 g/mol. The molecule has 3 N–H and O–H groups in total. The Labute approximate surface area is 325 Å². The zero-order valence-corrected chi connectivity index (χ0v) is 30.9. The molecular formula is C39H41F2N9O7. The molecule has 0 spiro atoms. The Bertz CT molecular complexity index is 2190. The van der Waals surface area contributed by atoms with Gasteiger partial charge in [0.2, 0.25) is 17.7 Å². The minimum absolute atomic E-state index is 0.0556. The lowest BCUT2D eigenvalue weighted by molar-refractivity contribution is -0.136. The van der Waals surface area contributed by atoms with Gasteiger partial charge in [-0.1, -0.05) is 6.07 Å². The third kappa shape index (κ3) is 8.46. The smallest absolute Gasteiger partial charge is 0.284 e. The Kier molecular flexibility index (Phi) is 10.9. The fraction of sp³-hybridized carbons (Fsp3) is 0.436. The van der Waals surface area contributed by atoms with Crippen molar-refractivity contribution in [1.82, 2.24) is 34.9 Å². The van der Waals surface area contributed by atoms with Crippen molar-refractivity contribution in [2.45, 2.75) is 63.5 Å². The summed E-state index contributed by atoms with van der Waals surface area (Å²) in [6, 6.07) is 7.33. The van der Waals surface area contributed by atoms with E-state index in [4.69, 9.17) is 9.15 Å². The first-order valence-corrected chi connectivity index (χ1v) is 19.1. The van der Waals surface area contributed by atoms with Crippen molar-refractivity contribution in [2.75, 3.05) is 50.0 Å². The second kappa shape index (κ2) is 16.3. The number of rotatable bonds is 15. The maximum absolute atomic E-state index is 14.1. The Morgan fingerprint density at radius 2 is 1.81 bits per heavy atom. The lowest BCUT2D eigenvalue weighted by atomic mass is 10.0. The molecule has 2 saturated heterocycles. The Morgan fingerprint density at radius 3 is 2.58 bits per heavy atom. The van der Waals surface area contributed by atoms with E-state index < -0.39 is 47.7 Å². The Morgan fingerprint density at radius 1 is 1.00 bits per heavy atom. The number of fused-ring (bicyclic) bond motifs is 1. The average Bonchev–Trinajstić information content (AvgIpc) is 3.62. The summed E-state index contributed by atoms with van der Waals surface area (Å²) in [4.78, 5) is 74.8. The molecule has 16 nitrogen and oxygen atoms in total. The number of nitrogens with zero attached hydrogens (tertiary/aromatic N) is 6. The van der Waals surface area contributed by atoms with Gasteiger partial charge in [-0.15, -0.1) is 0 Å². The van der Waals surface area contributed by atoms with E-state index in [-0.39, 0.29) is 47.3 Å². The number of ether oxygens (including phenoxy) is 1. The number of pyridine rings is 1. The highest BCUT2D eigenvalue weighted by molar-refractivity contribution is 6.23. The van der Waals surface area contributed by atoms with Gasteiger partial charge in [0.15, 0.2) is 11.4 Å². The van der Waals surface area contributed by atoms with Gasteiger partial charge in [-0.05, 0) is 74.3 Å². The molecule has 1 aliphatic carbocycles. The third-order valence-corrected chi connectivity index (χ3v) is 10.8. The van der Waals surface area contributed by atoms with Crippen LogP contribution in [0.3, 0.4) is 0 Å². The summed E-state index contributed by atoms with van der Waals surface area (Å²) in [5.41, 5.74) is 1.22. The Hall–Kier alpha value is -5.88. The van der Waals surface area contributed by atoms with E-state index in [1.165, 1.54) is 30.0 Å². The van der Waals surface area contributed by atoms with Gasteiger partial charge in [0, 0.05) is 50.6 Å². The summed E-state index contributed by atoms with van der Waals surface area (Å²) in [6.45, 7) is 3.71. The lowest BCUT2D eigenvalue weighted by Gasteiger charge is -2.31. The number of hydrogen-bond acceptors (Lipinski definition) is 12. The van der Waals surface area contributed by atoms with Crippen LogP contribution in [0.25, 0.3) is 11.5 Å². The highest BCUT2D eigenvalue weighted by atomic mass is 19.3. The zero-order valence-electron chi connectivity index (χ0n) is 30.9. The molecule has 1 unspecified atom stereocenters. The van der Waals surface area contributed by atoms with E-state index in [0.29, 0.717) is 69.4 Å². The minimum atomic E-state index is -2.91. The molecule has 4 aromatic rings. The molecule has 18 heteroatoms. The largest absolute Gasteiger partial charge is 0.444 e. The number of nitrogens with one attached hydrogen (secondary N) is 3. The first-order chi connectivity index (χ1) is 27.6. The molecule has 8 rings (SSSR count). The van der Waals surface area contributed by atoms with E-state index in [1.54, 1.807) is 36.5 Å². The third-order valence-electron chi connectivity index (χ3n) is 10.8. The standard InChI is InChI=1S/C39H41F2N9O7/c40-34(41)33-28(44-35(52)29-21-57-37(45-29)24-7-11-42-31(18-24)43-19-23-1-2-23)20-49(47-33)25-8-12-48(13-9-25)14-16-56-15-10-22-3-4-26-27(17-22)39(55)50(38(26)54)30-5-6-32(51)46-36(30)53/h3-4,7,11,17-18,20-21,23,25,30,34H,1-2,5-6,8-10,12-16,19H2,(H,42,43)(H,44,52)(H,46,51,53). The number of hydrogen-bond donors (Lipinski definition) is 3. The molecule has 0 bridgehead atoms. The summed E-state index contributed by atoms with van der Waals surface area (Å²) in [7, 11) is 0. The van der Waals surface area contributed by atoms with Crippen molar-refractivity contribution in [3.05, 3.63) is 77.1 Å². The van der Waals surface area contributed by atoms with Gasteiger partial charge in [-0.3, -0.25) is 38.9 Å². The number of halogens is 2. The molecule has 5 amide bonds. The number of amides is 5. The fourth-order valence-corrected chi connectivity index (χ4v) is 7.35. The first-order valence-electron chi connectivity index (χ1n) is 19.1. The predicted octanol–water partition coefficient (Wildman–Crippen LogP) is 4.24.